The Morgan fingerprint density at radius 2 is 1.94 bits per heavy atom. The van der Waals surface area contributed by atoms with Gasteiger partial charge in [0.15, 0.2) is 0 Å². The van der Waals surface area contributed by atoms with Crippen molar-refractivity contribution in [2.24, 2.45) is 17.8 Å². The third-order valence-electron chi connectivity index (χ3n) is 4.81. The van der Waals surface area contributed by atoms with Crippen molar-refractivity contribution in [1.29, 1.82) is 0 Å². The van der Waals surface area contributed by atoms with E-state index in [2.05, 4.69) is 20.8 Å². The Morgan fingerprint density at radius 3 is 2.53 bits per heavy atom. The summed E-state index contributed by atoms with van der Waals surface area (Å²) in [4.78, 5) is 0. The SMILES string of the molecule is CCCCC(CC)CC1CC(CC)CCC1O. The average Bonchev–Trinajstić information content (AvgIpc) is 2.36. The van der Waals surface area contributed by atoms with E-state index in [1.165, 1.54) is 51.4 Å². The minimum Gasteiger partial charge on any atom is -0.393 e. The van der Waals surface area contributed by atoms with Crippen molar-refractivity contribution in [3.05, 3.63) is 0 Å². The van der Waals surface area contributed by atoms with Gasteiger partial charge in [0, 0.05) is 0 Å². The molecule has 0 amide bonds. The lowest BCUT2D eigenvalue weighted by atomic mass is 9.74. The summed E-state index contributed by atoms with van der Waals surface area (Å²) < 4.78 is 0. The minimum atomic E-state index is -0.00604. The molecule has 102 valence electrons. The highest BCUT2D eigenvalue weighted by atomic mass is 16.3. The topological polar surface area (TPSA) is 20.2 Å². The van der Waals surface area contributed by atoms with Crippen LogP contribution in [0.1, 0.15) is 78.6 Å². The molecule has 0 aromatic carbocycles. The lowest BCUT2D eigenvalue weighted by Crippen LogP contribution is -2.30. The molecule has 0 bridgehead atoms. The van der Waals surface area contributed by atoms with E-state index in [4.69, 9.17) is 0 Å². The van der Waals surface area contributed by atoms with Crippen molar-refractivity contribution in [3.8, 4) is 0 Å². The number of unbranched alkanes of at least 4 members (excludes halogenated alkanes) is 1. The minimum absolute atomic E-state index is 0.00604. The first-order valence-electron chi connectivity index (χ1n) is 7.89. The molecule has 17 heavy (non-hydrogen) atoms. The number of hydrogen-bond acceptors (Lipinski definition) is 1. The van der Waals surface area contributed by atoms with Crippen LogP contribution >= 0.6 is 0 Å². The Labute approximate surface area is 108 Å². The van der Waals surface area contributed by atoms with E-state index in [0.29, 0.717) is 5.92 Å². The Hall–Kier alpha value is -0.0400. The molecular formula is C16H32O. The number of rotatable bonds is 7. The Kier molecular flexibility index (Phi) is 7.18. The molecular weight excluding hydrogens is 208 g/mol. The van der Waals surface area contributed by atoms with Gasteiger partial charge in [0.2, 0.25) is 0 Å². The van der Waals surface area contributed by atoms with Crippen molar-refractivity contribution < 1.29 is 5.11 Å². The molecule has 0 spiro atoms. The summed E-state index contributed by atoms with van der Waals surface area (Å²) >= 11 is 0. The maximum absolute atomic E-state index is 10.2. The molecule has 0 aromatic heterocycles. The molecule has 0 radical (unpaired) electrons. The first-order chi connectivity index (χ1) is 8.21. The molecule has 1 N–H and O–H groups in total. The predicted octanol–water partition coefficient (Wildman–Crippen LogP) is 4.78. The first kappa shape index (κ1) is 15.0. The number of hydrogen-bond donors (Lipinski definition) is 1. The largest absolute Gasteiger partial charge is 0.393 e. The quantitative estimate of drug-likeness (QED) is 0.679. The zero-order valence-corrected chi connectivity index (χ0v) is 12.1. The summed E-state index contributed by atoms with van der Waals surface area (Å²) in [6, 6.07) is 0. The molecule has 0 heterocycles. The van der Waals surface area contributed by atoms with Gasteiger partial charge in [0.1, 0.15) is 0 Å². The van der Waals surface area contributed by atoms with E-state index in [1.54, 1.807) is 0 Å². The lowest BCUT2D eigenvalue weighted by molar-refractivity contribution is 0.0332. The van der Waals surface area contributed by atoms with Crippen LogP contribution in [0.5, 0.6) is 0 Å². The van der Waals surface area contributed by atoms with E-state index in [9.17, 15) is 5.11 Å². The van der Waals surface area contributed by atoms with E-state index in [-0.39, 0.29) is 6.10 Å². The monoisotopic (exact) mass is 240 g/mol. The van der Waals surface area contributed by atoms with E-state index < -0.39 is 0 Å². The van der Waals surface area contributed by atoms with Crippen molar-refractivity contribution >= 4 is 0 Å². The first-order valence-corrected chi connectivity index (χ1v) is 7.89. The maximum Gasteiger partial charge on any atom is 0.0568 e. The molecule has 0 aromatic rings. The second-order valence-electron chi connectivity index (χ2n) is 6.07. The molecule has 4 unspecified atom stereocenters. The highest BCUT2D eigenvalue weighted by Crippen LogP contribution is 2.36. The van der Waals surface area contributed by atoms with E-state index >= 15 is 0 Å². The second-order valence-corrected chi connectivity index (χ2v) is 6.07. The summed E-state index contributed by atoms with van der Waals surface area (Å²) in [7, 11) is 0. The molecule has 4 atom stereocenters. The molecule has 1 saturated carbocycles. The fourth-order valence-electron chi connectivity index (χ4n) is 3.38. The van der Waals surface area contributed by atoms with Crippen LogP contribution < -0.4 is 0 Å². The van der Waals surface area contributed by atoms with Crippen LogP contribution in [0.4, 0.5) is 0 Å². The molecule has 1 fully saturated rings. The molecule has 0 aliphatic heterocycles. The zero-order chi connectivity index (χ0) is 12.7. The fourth-order valence-corrected chi connectivity index (χ4v) is 3.38. The highest BCUT2D eigenvalue weighted by molar-refractivity contribution is 4.81. The van der Waals surface area contributed by atoms with E-state index in [1.807, 2.05) is 0 Å². The van der Waals surface area contributed by atoms with Crippen molar-refractivity contribution in [1.82, 2.24) is 0 Å². The third-order valence-corrected chi connectivity index (χ3v) is 4.81. The van der Waals surface area contributed by atoms with Crippen LogP contribution in [0, 0.1) is 17.8 Å². The second kappa shape index (κ2) is 8.13. The van der Waals surface area contributed by atoms with Crippen LogP contribution in [0.3, 0.4) is 0 Å². The Morgan fingerprint density at radius 1 is 1.18 bits per heavy atom. The van der Waals surface area contributed by atoms with Gasteiger partial charge >= 0.3 is 0 Å². The van der Waals surface area contributed by atoms with Gasteiger partial charge in [-0.2, -0.15) is 0 Å². The number of aliphatic hydroxyl groups is 1. The molecule has 1 aliphatic carbocycles. The normalized spacial score (nSPS) is 31.4. The van der Waals surface area contributed by atoms with Gasteiger partial charge in [0.25, 0.3) is 0 Å². The van der Waals surface area contributed by atoms with Gasteiger partial charge in [-0.1, -0.05) is 52.9 Å². The van der Waals surface area contributed by atoms with Gasteiger partial charge in [0.05, 0.1) is 6.10 Å². The highest BCUT2D eigenvalue weighted by Gasteiger charge is 2.29. The lowest BCUT2D eigenvalue weighted by Gasteiger charge is -2.35. The Balaban J connectivity index is 2.40. The van der Waals surface area contributed by atoms with E-state index in [0.717, 1.165) is 18.3 Å². The summed E-state index contributed by atoms with van der Waals surface area (Å²) in [6.45, 7) is 6.88. The van der Waals surface area contributed by atoms with Gasteiger partial charge in [-0.05, 0) is 43.4 Å². The van der Waals surface area contributed by atoms with Gasteiger partial charge < -0.3 is 5.11 Å². The molecule has 1 heteroatoms. The summed E-state index contributed by atoms with van der Waals surface area (Å²) in [5.74, 6) is 2.33. The molecule has 0 saturated heterocycles. The van der Waals surface area contributed by atoms with Crippen LogP contribution in [-0.2, 0) is 0 Å². The summed E-state index contributed by atoms with van der Waals surface area (Å²) in [6.07, 6.45) is 11.5. The van der Waals surface area contributed by atoms with Crippen LogP contribution in [0.2, 0.25) is 0 Å². The Bertz CT molecular complexity index is 190. The van der Waals surface area contributed by atoms with Gasteiger partial charge in [-0.25, -0.2) is 0 Å². The van der Waals surface area contributed by atoms with Crippen molar-refractivity contribution in [2.75, 3.05) is 0 Å². The molecule has 1 aliphatic rings. The van der Waals surface area contributed by atoms with Crippen LogP contribution in [-0.4, -0.2) is 11.2 Å². The predicted molar refractivity (Wildman–Crippen MR) is 75.1 cm³/mol. The van der Waals surface area contributed by atoms with Crippen molar-refractivity contribution in [2.45, 2.75) is 84.7 Å². The zero-order valence-electron chi connectivity index (χ0n) is 12.1. The number of aliphatic hydroxyl groups excluding tert-OH is 1. The van der Waals surface area contributed by atoms with Gasteiger partial charge in [-0.3, -0.25) is 0 Å². The van der Waals surface area contributed by atoms with Crippen LogP contribution in [0.25, 0.3) is 0 Å². The molecule has 1 nitrogen and oxygen atoms in total. The maximum atomic E-state index is 10.2. The average molecular weight is 240 g/mol. The van der Waals surface area contributed by atoms with Crippen molar-refractivity contribution in [3.63, 3.8) is 0 Å². The molecule has 1 rings (SSSR count). The standard InChI is InChI=1S/C16H32O/c1-4-7-8-13(5-2)11-15-12-14(6-3)9-10-16(15)17/h13-17H,4-12H2,1-3H3. The third kappa shape index (κ3) is 4.99. The fraction of sp³-hybridized carbons (Fsp3) is 1.00. The van der Waals surface area contributed by atoms with Gasteiger partial charge in [-0.15, -0.1) is 0 Å². The summed E-state index contributed by atoms with van der Waals surface area (Å²) in [5, 5.41) is 10.2. The summed E-state index contributed by atoms with van der Waals surface area (Å²) in [5.41, 5.74) is 0. The van der Waals surface area contributed by atoms with Crippen LogP contribution in [0.15, 0.2) is 0 Å². The smallest absolute Gasteiger partial charge is 0.0568 e.